The Bertz CT molecular complexity index is 335. The first-order valence-electron chi connectivity index (χ1n) is 6.71. The highest BCUT2D eigenvalue weighted by atomic mass is 16.5. The number of nitrogens with zero attached hydrogens (tertiary/aromatic N) is 3. The van der Waals surface area contributed by atoms with Crippen molar-refractivity contribution < 1.29 is 9.47 Å². The molecule has 1 heterocycles. The molecule has 1 aromatic heterocycles. The maximum absolute atomic E-state index is 5.94. The summed E-state index contributed by atoms with van der Waals surface area (Å²) in [7, 11) is 3.42. The summed E-state index contributed by atoms with van der Waals surface area (Å²) in [6.45, 7) is 6.53. The molecule has 6 heteroatoms. The van der Waals surface area contributed by atoms with Crippen molar-refractivity contribution >= 4 is 0 Å². The minimum Gasteiger partial charge on any atom is -0.383 e. The van der Waals surface area contributed by atoms with Crippen molar-refractivity contribution in [2.45, 2.75) is 19.5 Å². The van der Waals surface area contributed by atoms with Crippen LogP contribution in [0.5, 0.6) is 0 Å². The Kier molecular flexibility index (Phi) is 7.66. The maximum atomic E-state index is 5.94. The average molecular weight is 270 g/mol. The predicted molar refractivity (Wildman–Crippen MR) is 75.0 cm³/mol. The first kappa shape index (κ1) is 16.1. The van der Waals surface area contributed by atoms with Crippen molar-refractivity contribution in [3.8, 4) is 0 Å². The van der Waals surface area contributed by atoms with E-state index in [1.807, 2.05) is 10.9 Å². The van der Waals surface area contributed by atoms with Gasteiger partial charge in [0.2, 0.25) is 0 Å². The summed E-state index contributed by atoms with van der Waals surface area (Å²) in [6.07, 6.45) is 3.96. The third kappa shape index (κ3) is 4.91. The van der Waals surface area contributed by atoms with Crippen LogP contribution in [0.3, 0.4) is 0 Å². The molecule has 6 nitrogen and oxygen atoms in total. The average Bonchev–Trinajstić information content (AvgIpc) is 2.90. The summed E-state index contributed by atoms with van der Waals surface area (Å²) in [5.41, 5.74) is 7.09. The van der Waals surface area contributed by atoms with Gasteiger partial charge >= 0.3 is 0 Å². The Morgan fingerprint density at radius 3 is 2.37 bits per heavy atom. The number of hydrogen-bond acceptors (Lipinski definition) is 5. The topological polar surface area (TPSA) is 65.5 Å². The number of ether oxygens (including phenoxy) is 2. The molecule has 1 rings (SSSR count). The van der Waals surface area contributed by atoms with Gasteiger partial charge in [-0.3, -0.25) is 9.58 Å². The van der Waals surface area contributed by atoms with Crippen LogP contribution in [0.15, 0.2) is 12.4 Å². The van der Waals surface area contributed by atoms with E-state index in [2.05, 4.69) is 23.1 Å². The second-order valence-electron chi connectivity index (χ2n) is 4.40. The van der Waals surface area contributed by atoms with Gasteiger partial charge in [0.05, 0.1) is 25.5 Å². The highest BCUT2D eigenvalue weighted by Gasteiger charge is 2.20. The Morgan fingerprint density at radius 2 is 1.95 bits per heavy atom. The summed E-state index contributed by atoms with van der Waals surface area (Å²) in [5.74, 6) is 0. The van der Waals surface area contributed by atoms with E-state index in [4.69, 9.17) is 15.2 Å². The molecule has 0 saturated carbocycles. The molecule has 1 atom stereocenters. The smallest absolute Gasteiger partial charge is 0.0589 e. The predicted octanol–water partition coefficient (Wildman–Crippen LogP) is 0.498. The van der Waals surface area contributed by atoms with Gasteiger partial charge in [-0.15, -0.1) is 0 Å². The first-order chi connectivity index (χ1) is 9.26. The lowest BCUT2D eigenvalue weighted by Crippen LogP contribution is -2.38. The van der Waals surface area contributed by atoms with Crippen LogP contribution < -0.4 is 5.73 Å². The van der Waals surface area contributed by atoms with E-state index in [1.165, 1.54) is 0 Å². The van der Waals surface area contributed by atoms with Crippen LogP contribution >= 0.6 is 0 Å². The first-order valence-corrected chi connectivity index (χ1v) is 6.71. The Hall–Kier alpha value is -0.950. The van der Waals surface area contributed by atoms with Crippen LogP contribution in [-0.4, -0.2) is 61.7 Å². The van der Waals surface area contributed by atoms with Crippen LogP contribution in [0.4, 0.5) is 0 Å². The van der Waals surface area contributed by atoms with Gasteiger partial charge in [-0.1, -0.05) is 0 Å². The van der Waals surface area contributed by atoms with Gasteiger partial charge in [0.25, 0.3) is 0 Å². The molecule has 0 bridgehead atoms. The third-order valence-electron chi connectivity index (χ3n) is 3.19. The summed E-state index contributed by atoms with van der Waals surface area (Å²) in [5, 5.41) is 4.32. The standard InChI is InChI=1S/C13H26N4O2/c1-4-17-11-12(10-15-17)13(9-14)16(5-7-18-2)6-8-19-3/h10-11,13H,4-9,14H2,1-3H3. The van der Waals surface area contributed by atoms with Crippen LogP contribution in [0.1, 0.15) is 18.5 Å². The van der Waals surface area contributed by atoms with Crippen LogP contribution in [0.25, 0.3) is 0 Å². The minimum absolute atomic E-state index is 0.158. The Labute approximate surface area is 115 Å². The lowest BCUT2D eigenvalue weighted by atomic mass is 10.1. The molecule has 1 aromatic rings. The Morgan fingerprint density at radius 1 is 1.32 bits per heavy atom. The maximum Gasteiger partial charge on any atom is 0.0589 e. The number of nitrogens with two attached hydrogens (primary N) is 1. The lowest BCUT2D eigenvalue weighted by molar-refractivity contribution is 0.0891. The van der Waals surface area contributed by atoms with Gasteiger partial charge < -0.3 is 15.2 Å². The molecule has 0 aliphatic heterocycles. The number of aryl methyl sites for hydroxylation is 1. The number of hydrogen-bond donors (Lipinski definition) is 1. The molecule has 0 saturated heterocycles. The van der Waals surface area contributed by atoms with Gasteiger partial charge in [-0.05, 0) is 6.92 Å². The molecule has 110 valence electrons. The zero-order valence-corrected chi connectivity index (χ0v) is 12.2. The molecule has 0 amide bonds. The van der Waals surface area contributed by atoms with E-state index < -0.39 is 0 Å². The normalized spacial score (nSPS) is 13.1. The third-order valence-corrected chi connectivity index (χ3v) is 3.19. The van der Waals surface area contributed by atoms with E-state index >= 15 is 0 Å². The van der Waals surface area contributed by atoms with Crippen LogP contribution in [0.2, 0.25) is 0 Å². The zero-order valence-electron chi connectivity index (χ0n) is 12.2. The van der Waals surface area contributed by atoms with Gasteiger partial charge in [0.1, 0.15) is 0 Å². The van der Waals surface area contributed by atoms with Gasteiger partial charge in [0.15, 0.2) is 0 Å². The van der Waals surface area contributed by atoms with Crippen molar-refractivity contribution in [1.29, 1.82) is 0 Å². The second kappa shape index (κ2) is 9.03. The fourth-order valence-corrected chi connectivity index (χ4v) is 2.06. The van der Waals surface area contributed by atoms with Gasteiger partial charge in [0, 0.05) is 52.2 Å². The minimum atomic E-state index is 0.158. The lowest BCUT2D eigenvalue weighted by Gasteiger charge is -2.29. The summed E-state index contributed by atoms with van der Waals surface area (Å²) >= 11 is 0. The highest BCUT2D eigenvalue weighted by molar-refractivity contribution is 5.11. The second-order valence-corrected chi connectivity index (χ2v) is 4.40. The molecule has 2 N–H and O–H groups in total. The zero-order chi connectivity index (χ0) is 14.1. The quantitative estimate of drug-likeness (QED) is 0.670. The van der Waals surface area contributed by atoms with Crippen molar-refractivity contribution in [3.63, 3.8) is 0 Å². The van der Waals surface area contributed by atoms with Crippen molar-refractivity contribution in [2.24, 2.45) is 5.73 Å². The van der Waals surface area contributed by atoms with E-state index in [9.17, 15) is 0 Å². The molecular formula is C13H26N4O2. The fourth-order valence-electron chi connectivity index (χ4n) is 2.06. The molecule has 1 unspecified atom stereocenters. The van der Waals surface area contributed by atoms with Gasteiger partial charge in [-0.25, -0.2) is 0 Å². The molecule has 19 heavy (non-hydrogen) atoms. The summed E-state index contributed by atoms with van der Waals surface area (Å²) < 4.78 is 12.2. The van der Waals surface area contributed by atoms with Crippen LogP contribution in [-0.2, 0) is 16.0 Å². The number of aromatic nitrogens is 2. The number of methoxy groups -OCH3 is 2. The highest BCUT2D eigenvalue weighted by Crippen LogP contribution is 2.18. The van der Waals surface area contributed by atoms with Crippen LogP contribution in [0, 0.1) is 0 Å². The van der Waals surface area contributed by atoms with Crippen molar-refractivity contribution in [1.82, 2.24) is 14.7 Å². The largest absolute Gasteiger partial charge is 0.383 e. The summed E-state index contributed by atoms with van der Waals surface area (Å²) in [4.78, 5) is 2.28. The van der Waals surface area contributed by atoms with Gasteiger partial charge in [-0.2, -0.15) is 5.10 Å². The fraction of sp³-hybridized carbons (Fsp3) is 0.769. The van der Waals surface area contributed by atoms with Crippen molar-refractivity contribution in [3.05, 3.63) is 18.0 Å². The molecule has 0 aliphatic rings. The van der Waals surface area contributed by atoms with E-state index in [0.717, 1.165) is 25.2 Å². The molecule has 0 aromatic carbocycles. The molecule has 0 fully saturated rings. The SMILES string of the molecule is CCn1cc(C(CN)N(CCOC)CCOC)cn1. The Balaban J connectivity index is 2.75. The molecule has 0 aliphatic carbocycles. The molecular weight excluding hydrogens is 244 g/mol. The summed E-state index contributed by atoms with van der Waals surface area (Å²) in [6, 6.07) is 0.158. The van der Waals surface area contributed by atoms with E-state index in [1.54, 1.807) is 14.2 Å². The molecule has 0 spiro atoms. The molecule has 0 radical (unpaired) electrons. The van der Waals surface area contributed by atoms with E-state index in [-0.39, 0.29) is 6.04 Å². The number of rotatable bonds is 10. The monoisotopic (exact) mass is 270 g/mol. The van der Waals surface area contributed by atoms with E-state index in [0.29, 0.717) is 19.8 Å². The van der Waals surface area contributed by atoms with Crippen molar-refractivity contribution in [2.75, 3.05) is 47.1 Å².